The Morgan fingerprint density at radius 1 is 0.963 bits per heavy atom. The second-order valence-electron chi connectivity index (χ2n) is 5.79. The lowest BCUT2D eigenvalue weighted by Gasteiger charge is -2.16. The van der Waals surface area contributed by atoms with E-state index < -0.39 is 0 Å². The molecule has 2 aromatic carbocycles. The molecule has 0 spiro atoms. The predicted octanol–water partition coefficient (Wildman–Crippen LogP) is 4.52. The third-order valence-corrected chi connectivity index (χ3v) is 3.98. The van der Waals surface area contributed by atoms with E-state index >= 15 is 0 Å². The molecule has 1 N–H and O–H groups in total. The maximum atomic E-state index is 13.8. The van der Waals surface area contributed by atoms with Crippen molar-refractivity contribution in [3.63, 3.8) is 0 Å². The van der Waals surface area contributed by atoms with Crippen LogP contribution in [0.5, 0.6) is 11.5 Å². The van der Waals surface area contributed by atoms with Gasteiger partial charge in [-0.2, -0.15) is 0 Å². The zero-order valence-corrected chi connectivity index (χ0v) is 15.8. The van der Waals surface area contributed by atoms with Gasteiger partial charge < -0.3 is 14.8 Å². The Kier molecular flexibility index (Phi) is 8.04. The summed E-state index contributed by atoms with van der Waals surface area (Å²) in [6, 6.07) is 16.2. The Morgan fingerprint density at radius 2 is 1.78 bits per heavy atom. The molecule has 27 heavy (non-hydrogen) atoms. The largest absolute Gasteiger partial charge is 0.493 e. The van der Waals surface area contributed by atoms with Crippen LogP contribution in [0.15, 0.2) is 67.0 Å². The van der Waals surface area contributed by atoms with Gasteiger partial charge in [-0.1, -0.05) is 36.4 Å². The zero-order chi connectivity index (χ0) is 18.2. The average Bonchev–Trinajstić information content (AvgIpc) is 2.68. The van der Waals surface area contributed by atoms with E-state index in [4.69, 9.17) is 9.47 Å². The highest BCUT2D eigenvalue weighted by molar-refractivity contribution is 5.85. The standard InChI is InChI=1S/C21H21FN2O2.ClH/c1-25-20-10-4-8-17(14-24-13-16-6-5-11-23-12-16)21(20)26-15-18-7-2-3-9-19(18)22;/h2-12,24H,13-15H2,1H3;1H. The van der Waals surface area contributed by atoms with Crippen LogP contribution in [-0.2, 0) is 19.7 Å². The Balaban J connectivity index is 0.00000261. The fourth-order valence-corrected chi connectivity index (χ4v) is 2.63. The van der Waals surface area contributed by atoms with E-state index in [1.807, 2.05) is 36.5 Å². The van der Waals surface area contributed by atoms with E-state index in [9.17, 15) is 4.39 Å². The topological polar surface area (TPSA) is 43.4 Å². The summed E-state index contributed by atoms with van der Waals surface area (Å²) in [7, 11) is 1.60. The molecule has 4 nitrogen and oxygen atoms in total. The Bertz CT molecular complexity index is 847. The van der Waals surface area contributed by atoms with Crippen LogP contribution in [0.4, 0.5) is 4.39 Å². The number of methoxy groups -OCH3 is 1. The van der Waals surface area contributed by atoms with Crippen molar-refractivity contribution in [2.75, 3.05) is 7.11 Å². The Hall–Kier alpha value is -2.63. The van der Waals surface area contributed by atoms with Gasteiger partial charge in [0.05, 0.1) is 7.11 Å². The van der Waals surface area contributed by atoms with E-state index in [1.54, 1.807) is 31.5 Å². The highest BCUT2D eigenvalue weighted by atomic mass is 35.5. The van der Waals surface area contributed by atoms with Crippen LogP contribution < -0.4 is 14.8 Å². The lowest BCUT2D eigenvalue weighted by atomic mass is 10.1. The number of pyridine rings is 1. The summed E-state index contributed by atoms with van der Waals surface area (Å²) in [5.74, 6) is 0.970. The number of rotatable bonds is 8. The fourth-order valence-electron chi connectivity index (χ4n) is 2.63. The van der Waals surface area contributed by atoms with Crippen molar-refractivity contribution in [1.82, 2.24) is 10.3 Å². The van der Waals surface area contributed by atoms with Crippen LogP contribution in [0.3, 0.4) is 0 Å². The van der Waals surface area contributed by atoms with Crippen LogP contribution in [0.2, 0.25) is 0 Å². The Morgan fingerprint density at radius 3 is 2.52 bits per heavy atom. The molecule has 0 amide bonds. The van der Waals surface area contributed by atoms with Crippen molar-refractivity contribution >= 4 is 12.4 Å². The molecule has 0 fully saturated rings. The number of nitrogens with zero attached hydrogens (tertiary/aromatic N) is 1. The lowest BCUT2D eigenvalue weighted by molar-refractivity contribution is 0.276. The summed E-state index contributed by atoms with van der Waals surface area (Å²) >= 11 is 0. The van der Waals surface area contributed by atoms with Gasteiger partial charge in [0.15, 0.2) is 11.5 Å². The molecule has 0 atom stereocenters. The summed E-state index contributed by atoms with van der Waals surface area (Å²) in [6.07, 6.45) is 3.58. The maximum Gasteiger partial charge on any atom is 0.166 e. The number of para-hydroxylation sites is 1. The monoisotopic (exact) mass is 388 g/mol. The molecular formula is C21H22ClFN2O2. The minimum Gasteiger partial charge on any atom is -0.493 e. The molecule has 1 aromatic heterocycles. The molecule has 0 bridgehead atoms. The van der Waals surface area contributed by atoms with Crippen LogP contribution >= 0.6 is 12.4 Å². The van der Waals surface area contributed by atoms with Crippen molar-refractivity contribution in [2.24, 2.45) is 0 Å². The van der Waals surface area contributed by atoms with Crippen LogP contribution in [0.25, 0.3) is 0 Å². The number of aromatic nitrogens is 1. The lowest BCUT2D eigenvalue weighted by Crippen LogP contribution is -2.14. The first-order valence-corrected chi connectivity index (χ1v) is 8.39. The quantitative estimate of drug-likeness (QED) is 0.616. The predicted molar refractivity (Wildman–Crippen MR) is 106 cm³/mol. The molecule has 0 radical (unpaired) electrons. The molecule has 0 unspecified atom stereocenters. The summed E-state index contributed by atoms with van der Waals surface area (Å²) < 4.78 is 25.2. The molecule has 1 heterocycles. The normalized spacial score (nSPS) is 10.1. The first-order valence-electron chi connectivity index (χ1n) is 8.39. The molecule has 6 heteroatoms. The first kappa shape index (κ1) is 20.7. The number of benzene rings is 2. The average molecular weight is 389 g/mol. The minimum atomic E-state index is -0.279. The van der Waals surface area contributed by atoms with Crippen LogP contribution in [-0.4, -0.2) is 12.1 Å². The summed E-state index contributed by atoms with van der Waals surface area (Å²) in [5.41, 5.74) is 2.56. The number of hydrogen-bond donors (Lipinski definition) is 1. The third-order valence-electron chi connectivity index (χ3n) is 3.98. The van der Waals surface area contributed by atoms with Gasteiger partial charge in [0.2, 0.25) is 0 Å². The van der Waals surface area contributed by atoms with Gasteiger partial charge in [-0.05, 0) is 23.8 Å². The second kappa shape index (κ2) is 10.5. The molecule has 0 saturated heterocycles. The molecule has 0 aliphatic rings. The van der Waals surface area contributed by atoms with E-state index in [0.717, 1.165) is 11.1 Å². The minimum absolute atomic E-state index is 0. The third kappa shape index (κ3) is 5.67. The summed E-state index contributed by atoms with van der Waals surface area (Å²) in [6.45, 7) is 1.43. The van der Waals surface area contributed by atoms with E-state index in [0.29, 0.717) is 30.2 Å². The van der Waals surface area contributed by atoms with Gasteiger partial charge in [-0.3, -0.25) is 4.98 Å². The van der Waals surface area contributed by atoms with Crippen LogP contribution in [0, 0.1) is 5.82 Å². The number of halogens is 2. The molecule has 3 aromatic rings. The van der Waals surface area contributed by atoms with E-state index in [1.165, 1.54) is 6.07 Å². The van der Waals surface area contributed by atoms with Crippen molar-refractivity contribution in [3.05, 3.63) is 89.5 Å². The van der Waals surface area contributed by atoms with Gasteiger partial charge >= 0.3 is 0 Å². The van der Waals surface area contributed by atoms with Gasteiger partial charge in [0.1, 0.15) is 12.4 Å². The summed E-state index contributed by atoms with van der Waals surface area (Å²) in [4.78, 5) is 4.11. The molecule has 142 valence electrons. The van der Waals surface area contributed by atoms with Crippen molar-refractivity contribution in [1.29, 1.82) is 0 Å². The van der Waals surface area contributed by atoms with Crippen molar-refractivity contribution in [3.8, 4) is 11.5 Å². The molecule has 3 rings (SSSR count). The molecule has 0 aliphatic heterocycles. The van der Waals surface area contributed by atoms with Gasteiger partial charge in [-0.15, -0.1) is 12.4 Å². The Labute approximate surface area is 164 Å². The zero-order valence-electron chi connectivity index (χ0n) is 15.0. The highest BCUT2D eigenvalue weighted by Crippen LogP contribution is 2.32. The number of hydrogen-bond acceptors (Lipinski definition) is 4. The van der Waals surface area contributed by atoms with Gasteiger partial charge in [-0.25, -0.2) is 4.39 Å². The van der Waals surface area contributed by atoms with Crippen LogP contribution in [0.1, 0.15) is 16.7 Å². The van der Waals surface area contributed by atoms with E-state index in [-0.39, 0.29) is 24.8 Å². The summed E-state index contributed by atoms with van der Waals surface area (Å²) in [5, 5.41) is 3.37. The first-order chi connectivity index (χ1) is 12.8. The van der Waals surface area contributed by atoms with E-state index in [2.05, 4.69) is 10.3 Å². The van der Waals surface area contributed by atoms with Gasteiger partial charge in [0, 0.05) is 36.6 Å². The number of nitrogens with one attached hydrogen (secondary N) is 1. The van der Waals surface area contributed by atoms with Crippen molar-refractivity contribution in [2.45, 2.75) is 19.7 Å². The molecular weight excluding hydrogens is 367 g/mol. The second-order valence-corrected chi connectivity index (χ2v) is 5.79. The number of ether oxygens (including phenoxy) is 2. The molecule has 0 saturated carbocycles. The SMILES string of the molecule is COc1cccc(CNCc2cccnc2)c1OCc1ccccc1F.Cl. The fraction of sp³-hybridized carbons (Fsp3) is 0.190. The van der Waals surface area contributed by atoms with Crippen molar-refractivity contribution < 1.29 is 13.9 Å². The van der Waals surface area contributed by atoms with Gasteiger partial charge in [0.25, 0.3) is 0 Å². The molecule has 0 aliphatic carbocycles. The maximum absolute atomic E-state index is 13.8. The smallest absolute Gasteiger partial charge is 0.166 e. The highest BCUT2D eigenvalue weighted by Gasteiger charge is 2.12.